The minimum absolute atomic E-state index is 0.321. The maximum absolute atomic E-state index is 13.3. The topological polar surface area (TPSA) is 18.5 Å². The number of alkyl halides is 1. The summed E-state index contributed by atoms with van der Waals surface area (Å²) in [5.74, 6) is -0.333. The molecule has 0 amide bonds. The van der Waals surface area contributed by atoms with Crippen LogP contribution in [-0.4, -0.2) is 14.2 Å². The van der Waals surface area contributed by atoms with Gasteiger partial charge in [0.25, 0.3) is 0 Å². The van der Waals surface area contributed by atoms with E-state index in [0.29, 0.717) is 27.1 Å². The van der Waals surface area contributed by atoms with E-state index in [0.717, 1.165) is 6.07 Å². The zero-order valence-electron chi connectivity index (χ0n) is 11.3. The van der Waals surface area contributed by atoms with Gasteiger partial charge in [0.05, 0.1) is 19.6 Å². The van der Waals surface area contributed by atoms with Crippen molar-refractivity contribution in [1.29, 1.82) is 0 Å². The highest BCUT2D eigenvalue weighted by Crippen LogP contribution is 2.40. The van der Waals surface area contributed by atoms with Crippen LogP contribution in [0.1, 0.15) is 16.5 Å². The minimum atomic E-state index is -0.732. The van der Waals surface area contributed by atoms with Crippen LogP contribution in [0.3, 0.4) is 0 Å². The Kier molecular flexibility index (Phi) is 5.06. The van der Waals surface area contributed by atoms with E-state index in [1.54, 1.807) is 12.1 Å². The second kappa shape index (κ2) is 6.62. The van der Waals surface area contributed by atoms with E-state index in [9.17, 15) is 8.78 Å². The molecule has 2 rings (SSSR count). The highest BCUT2D eigenvalue weighted by Gasteiger charge is 2.19. The molecular weight excluding hydrogens is 366 g/mol. The van der Waals surface area contributed by atoms with Crippen molar-refractivity contribution in [3.05, 3.63) is 57.6 Å². The van der Waals surface area contributed by atoms with Gasteiger partial charge in [0.2, 0.25) is 0 Å². The third kappa shape index (κ3) is 3.47. The third-order valence-corrected chi connectivity index (χ3v) is 4.13. The van der Waals surface area contributed by atoms with Gasteiger partial charge in [-0.05, 0) is 35.4 Å². The molecule has 0 saturated heterocycles. The molecule has 0 fully saturated rings. The second-order valence-corrected chi connectivity index (χ2v) is 5.58. The molecule has 0 aliphatic carbocycles. The van der Waals surface area contributed by atoms with Gasteiger partial charge in [-0.15, -0.1) is 11.6 Å². The van der Waals surface area contributed by atoms with Crippen LogP contribution < -0.4 is 9.47 Å². The molecule has 0 N–H and O–H groups in total. The Morgan fingerprint density at radius 3 is 2.00 bits per heavy atom. The lowest BCUT2D eigenvalue weighted by molar-refractivity contribution is 0.354. The lowest BCUT2D eigenvalue weighted by Crippen LogP contribution is -1.99. The molecule has 0 aliphatic heterocycles. The zero-order chi connectivity index (χ0) is 15.6. The van der Waals surface area contributed by atoms with Crippen LogP contribution in [-0.2, 0) is 0 Å². The van der Waals surface area contributed by atoms with Crippen molar-refractivity contribution in [2.75, 3.05) is 14.2 Å². The number of halogens is 4. The van der Waals surface area contributed by atoms with Gasteiger partial charge in [-0.3, -0.25) is 0 Å². The van der Waals surface area contributed by atoms with E-state index in [-0.39, 0.29) is 0 Å². The van der Waals surface area contributed by atoms with Gasteiger partial charge in [0.1, 0.15) is 11.6 Å². The molecule has 2 nitrogen and oxygen atoms in total. The summed E-state index contributed by atoms with van der Waals surface area (Å²) in [6.45, 7) is 0. The van der Waals surface area contributed by atoms with E-state index >= 15 is 0 Å². The van der Waals surface area contributed by atoms with Crippen LogP contribution in [0.2, 0.25) is 0 Å². The van der Waals surface area contributed by atoms with Crippen molar-refractivity contribution >= 4 is 27.5 Å². The van der Waals surface area contributed by atoms with Crippen LogP contribution in [0.4, 0.5) is 8.78 Å². The molecule has 112 valence electrons. The molecule has 2 aromatic carbocycles. The summed E-state index contributed by atoms with van der Waals surface area (Å²) >= 11 is 9.72. The molecule has 0 aliphatic rings. The molecule has 2 aromatic rings. The summed E-state index contributed by atoms with van der Waals surface area (Å²) in [5.41, 5.74) is 0.946. The number of benzene rings is 2. The van der Waals surface area contributed by atoms with Gasteiger partial charge in [-0.2, -0.15) is 0 Å². The number of hydrogen-bond acceptors (Lipinski definition) is 2. The van der Waals surface area contributed by atoms with Gasteiger partial charge < -0.3 is 9.47 Å². The second-order valence-electron chi connectivity index (χ2n) is 4.29. The lowest BCUT2D eigenvalue weighted by atomic mass is 10.0. The van der Waals surface area contributed by atoms with E-state index in [4.69, 9.17) is 21.1 Å². The fourth-order valence-electron chi connectivity index (χ4n) is 1.97. The lowest BCUT2D eigenvalue weighted by Gasteiger charge is -2.16. The molecule has 21 heavy (non-hydrogen) atoms. The number of methoxy groups -OCH3 is 2. The average molecular weight is 378 g/mol. The first-order valence-corrected chi connectivity index (χ1v) is 7.20. The summed E-state index contributed by atoms with van der Waals surface area (Å²) in [4.78, 5) is 0. The van der Waals surface area contributed by atoms with Gasteiger partial charge in [-0.25, -0.2) is 8.78 Å². The largest absolute Gasteiger partial charge is 0.493 e. The maximum Gasteiger partial charge on any atom is 0.161 e. The summed E-state index contributed by atoms with van der Waals surface area (Å²) in [7, 11) is 3.02. The number of rotatable bonds is 4. The van der Waals surface area contributed by atoms with Crippen molar-refractivity contribution in [2.24, 2.45) is 0 Å². The van der Waals surface area contributed by atoms with E-state index < -0.39 is 17.0 Å². The Morgan fingerprint density at radius 2 is 1.48 bits per heavy atom. The first-order chi connectivity index (χ1) is 9.96. The van der Waals surface area contributed by atoms with Crippen molar-refractivity contribution < 1.29 is 18.3 Å². The Hall–Kier alpha value is -1.33. The van der Waals surface area contributed by atoms with Gasteiger partial charge >= 0.3 is 0 Å². The normalized spacial score (nSPS) is 12.1. The smallest absolute Gasteiger partial charge is 0.161 e. The van der Waals surface area contributed by atoms with E-state index in [2.05, 4.69) is 15.9 Å². The van der Waals surface area contributed by atoms with Gasteiger partial charge in [0.15, 0.2) is 11.5 Å². The highest BCUT2D eigenvalue weighted by molar-refractivity contribution is 9.10. The highest BCUT2D eigenvalue weighted by atomic mass is 79.9. The van der Waals surface area contributed by atoms with Crippen molar-refractivity contribution in [3.63, 3.8) is 0 Å². The molecule has 1 unspecified atom stereocenters. The van der Waals surface area contributed by atoms with Gasteiger partial charge in [-0.1, -0.05) is 15.9 Å². The molecular formula is C15H12BrClF2O2. The zero-order valence-corrected chi connectivity index (χ0v) is 13.6. The Labute approximate surface area is 134 Å². The summed E-state index contributed by atoms with van der Waals surface area (Å²) in [5, 5.41) is -0.732. The quantitative estimate of drug-likeness (QED) is 0.692. The molecule has 0 heterocycles. The number of ether oxygens (including phenoxy) is 2. The fourth-order valence-corrected chi connectivity index (χ4v) is 2.95. The SMILES string of the molecule is COc1cc(Br)c(C(Cl)c2cc(F)cc(F)c2)cc1OC. The predicted octanol–water partition coefficient (Wildman–Crippen LogP) is 5.07. The maximum atomic E-state index is 13.3. The Morgan fingerprint density at radius 1 is 0.952 bits per heavy atom. The first kappa shape index (κ1) is 16.0. The third-order valence-electron chi connectivity index (χ3n) is 2.95. The molecule has 0 saturated carbocycles. The fraction of sp³-hybridized carbons (Fsp3) is 0.200. The number of hydrogen-bond donors (Lipinski definition) is 0. The molecule has 6 heteroatoms. The molecule has 0 radical (unpaired) electrons. The monoisotopic (exact) mass is 376 g/mol. The minimum Gasteiger partial charge on any atom is -0.493 e. The molecule has 0 spiro atoms. The summed E-state index contributed by atoms with van der Waals surface area (Å²) < 4.78 is 37.7. The summed E-state index contributed by atoms with van der Waals surface area (Å²) in [6, 6.07) is 6.56. The average Bonchev–Trinajstić information content (AvgIpc) is 2.45. The Balaban J connectivity index is 2.49. The molecule has 0 aromatic heterocycles. The van der Waals surface area contributed by atoms with Crippen molar-refractivity contribution in [2.45, 2.75) is 5.38 Å². The predicted molar refractivity (Wildman–Crippen MR) is 81.3 cm³/mol. The van der Waals surface area contributed by atoms with Gasteiger partial charge in [0, 0.05) is 10.5 Å². The molecule has 1 atom stereocenters. The van der Waals surface area contributed by atoms with Crippen LogP contribution in [0, 0.1) is 11.6 Å². The van der Waals surface area contributed by atoms with Crippen LogP contribution in [0.5, 0.6) is 11.5 Å². The summed E-state index contributed by atoms with van der Waals surface area (Å²) in [6.07, 6.45) is 0. The van der Waals surface area contributed by atoms with E-state index in [1.807, 2.05) is 0 Å². The Bertz CT molecular complexity index is 644. The van der Waals surface area contributed by atoms with E-state index in [1.165, 1.54) is 26.4 Å². The van der Waals surface area contributed by atoms with Crippen LogP contribution in [0.15, 0.2) is 34.8 Å². The van der Waals surface area contributed by atoms with Crippen molar-refractivity contribution in [3.8, 4) is 11.5 Å². The first-order valence-electron chi connectivity index (χ1n) is 5.97. The molecule has 0 bridgehead atoms. The standard InChI is InChI=1S/C15H12BrClF2O2/c1-20-13-6-11(12(16)7-14(13)21-2)15(17)8-3-9(18)5-10(19)4-8/h3-7,15H,1-2H3. The van der Waals surface area contributed by atoms with Crippen molar-refractivity contribution in [1.82, 2.24) is 0 Å². The van der Waals surface area contributed by atoms with Crippen LogP contribution >= 0.6 is 27.5 Å². The van der Waals surface area contributed by atoms with Crippen LogP contribution in [0.25, 0.3) is 0 Å².